The minimum Gasteiger partial charge on any atom is -0.342 e. The second kappa shape index (κ2) is 7.23. The number of likely N-dealkylation sites (tertiary alicyclic amines) is 1. The molecule has 1 aromatic carbocycles. The average molecular weight is 339 g/mol. The number of nitrogens with zero attached hydrogens (tertiary/aromatic N) is 2. The van der Waals surface area contributed by atoms with E-state index < -0.39 is 0 Å². The van der Waals surface area contributed by atoms with Crippen molar-refractivity contribution in [3.63, 3.8) is 0 Å². The molecule has 0 radical (unpaired) electrons. The predicted octanol–water partition coefficient (Wildman–Crippen LogP) is 2.79. The molecule has 1 saturated heterocycles. The molecule has 0 bridgehead atoms. The molecule has 0 spiro atoms. The summed E-state index contributed by atoms with van der Waals surface area (Å²) >= 11 is 3.43. The zero-order valence-electron chi connectivity index (χ0n) is 12.3. The van der Waals surface area contributed by atoms with Crippen molar-refractivity contribution in [3.05, 3.63) is 34.3 Å². The van der Waals surface area contributed by atoms with Crippen molar-refractivity contribution in [2.45, 2.75) is 19.3 Å². The Kier molecular flexibility index (Phi) is 5.61. The van der Waals surface area contributed by atoms with Crippen molar-refractivity contribution < 1.29 is 4.79 Å². The van der Waals surface area contributed by atoms with Crippen molar-refractivity contribution in [3.8, 4) is 0 Å². The molecule has 1 amide bonds. The Balaban J connectivity index is 1.77. The van der Waals surface area contributed by atoms with Crippen molar-refractivity contribution in [1.82, 2.24) is 9.80 Å². The van der Waals surface area contributed by atoms with E-state index in [2.05, 4.69) is 47.1 Å². The van der Waals surface area contributed by atoms with Gasteiger partial charge in [0.15, 0.2) is 0 Å². The van der Waals surface area contributed by atoms with Crippen molar-refractivity contribution in [2.75, 3.05) is 33.7 Å². The maximum Gasteiger partial charge on any atom is 0.222 e. The fourth-order valence-electron chi connectivity index (χ4n) is 2.79. The topological polar surface area (TPSA) is 23.6 Å². The van der Waals surface area contributed by atoms with E-state index in [4.69, 9.17) is 0 Å². The van der Waals surface area contributed by atoms with Crippen LogP contribution in [-0.4, -0.2) is 49.4 Å². The fraction of sp³-hybridized carbons (Fsp3) is 0.562. The summed E-state index contributed by atoms with van der Waals surface area (Å²) in [5, 5.41) is 0. The molecule has 0 saturated carbocycles. The highest BCUT2D eigenvalue weighted by Gasteiger charge is 2.25. The lowest BCUT2D eigenvalue weighted by atomic mass is 10.1. The summed E-state index contributed by atoms with van der Waals surface area (Å²) in [6.45, 7) is 2.94. The average Bonchev–Trinajstić information content (AvgIpc) is 2.85. The molecule has 0 N–H and O–H groups in total. The van der Waals surface area contributed by atoms with Crippen LogP contribution in [0.3, 0.4) is 0 Å². The number of aryl methyl sites for hydroxylation is 1. The first-order valence-corrected chi connectivity index (χ1v) is 8.01. The number of carbonyl (C=O) groups excluding carboxylic acids is 1. The maximum absolute atomic E-state index is 12.2. The van der Waals surface area contributed by atoms with Crippen LogP contribution >= 0.6 is 15.9 Å². The van der Waals surface area contributed by atoms with Gasteiger partial charge in [0.25, 0.3) is 0 Å². The molecule has 4 heteroatoms. The first-order valence-electron chi connectivity index (χ1n) is 7.21. The van der Waals surface area contributed by atoms with Gasteiger partial charge in [-0.1, -0.05) is 28.1 Å². The molecule has 1 aliphatic rings. The molecule has 1 fully saturated rings. The fourth-order valence-corrected chi connectivity index (χ4v) is 3.05. The Labute approximate surface area is 130 Å². The Morgan fingerprint density at radius 2 is 2.05 bits per heavy atom. The van der Waals surface area contributed by atoms with Gasteiger partial charge in [-0.3, -0.25) is 4.79 Å². The summed E-state index contributed by atoms with van der Waals surface area (Å²) in [4.78, 5) is 16.5. The van der Waals surface area contributed by atoms with Crippen LogP contribution < -0.4 is 0 Å². The highest BCUT2D eigenvalue weighted by molar-refractivity contribution is 9.10. The van der Waals surface area contributed by atoms with Gasteiger partial charge in [-0.2, -0.15) is 0 Å². The number of halogens is 1. The summed E-state index contributed by atoms with van der Waals surface area (Å²) < 4.78 is 1.08. The molecule has 1 aromatic rings. The van der Waals surface area contributed by atoms with Gasteiger partial charge in [-0.25, -0.2) is 0 Å². The van der Waals surface area contributed by atoms with Gasteiger partial charge in [-0.15, -0.1) is 0 Å². The van der Waals surface area contributed by atoms with Crippen LogP contribution in [0.25, 0.3) is 0 Å². The van der Waals surface area contributed by atoms with E-state index in [1.165, 1.54) is 5.56 Å². The molecule has 0 aromatic heterocycles. The van der Waals surface area contributed by atoms with E-state index in [1.54, 1.807) is 0 Å². The number of hydrogen-bond donors (Lipinski definition) is 0. The maximum atomic E-state index is 12.2. The summed E-state index contributed by atoms with van der Waals surface area (Å²) in [6, 6.07) is 8.22. The van der Waals surface area contributed by atoms with Crippen LogP contribution in [0.4, 0.5) is 0 Å². The molecule has 2 rings (SSSR count). The van der Waals surface area contributed by atoms with E-state index in [0.29, 0.717) is 18.2 Å². The van der Waals surface area contributed by atoms with Crippen molar-refractivity contribution in [1.29, 1.82) is 0 Å². The summed E-state index contributed by atoms with van der Waals surface area (Å²) in [7, 11) is 4.19. The SMILES string of the molecule is CN(C)CC1CCN(C(=O)CCc2ccc(Br)cc2)C1. The van der Waals surface area contributed by atoms with Gasteiger partial charge in [0.05, 0.1) is 0 Å². The van der Waals surface area contributed by atoms with Crippen molar-refractivity contribution >= 4 is 21.8 Å². The zero-order chi connectivity index (χ0) is 14.5. The Morgan fingerprint density at radius 1 is 1.35 bits per heavy atom. The van der Waals surface area contributed by atoms with E-state index in [1.807, 2.05) is 17.0 Å². The van der Waals surface area contributed by atoms with Crippen LogP contribution in [0.1, 0.15) is 18.4 Å². The zero-order valence-corrected chi connectivity index (χ0v) is 13.9. The minimum atomic E-state index is 0.300. The first-order chi connectivity index (χ1) is 9.54. The quantitative estimate of drug-likeness (QED) is 0.824. The number of carbonyl (C=O) groups is 1. The third-order valence-corrected chi connectivity index (χ3v) is 4.33. The molecular formula is C16H23BrN2O. The van der Waals surface area contributed by atoms with Crippen LogP contribution in [-0.2, 0) is 11.2 Å². The molecule has 0 aliphatic carbocycles. The summed E-state index contributed by atoms with van der Waals surface area (Å²) in [5.41, 5.74) is 1.23. The highest BCUT2D eigenvalue weighted by atomic mass is 79.9. The third kappa shape index (κ3) is 4.60. The largest absolute Gasteiger partial charge is 0.342 e. The van der Waals surface area contributed by atoms with Crippen LogP contribution in [0.15, 0.2) is 28.7 Å². The molecule has 1 unspecified atom stereocenters. The third-order valence-electron chi connectivity index (χ3n) is 3.80. The Morgan fingerprint density at radius 3 is 2.70 bits per heavy atom. The van der Waals surface area contributed by atoms with E-state index in [9.17, 15) is 4.79 Å². The normalized spacial score (nSPS) is 18.8. The van der Waals surface area contributed by atoms with Gasteiger partial charge in [0.2, 0.25) is 5.91 Å². The van der Waals surface area contributed by atoms with Crippen molar-refractivity contribution in [2.24, 2.45) is 5.92 Å². The van der Waals surface area contributed by atoms with Gasteiger partial charge < -0.3 is 9.80 Å². The molecule has 1 aliphatic heterocycles. The lowest BCUT2D eigenvalue weighted by Gasteiger charge is -2.18. The standard InChI is InChI=1S/C16H23BrN2O/c1-18(2)11-14-9-10-19(12-14)16(20)8-5-13-3-6-15(17)7-4-13/h3-4,6-7,14H,5,8-12H2,1-2H3. The monoisotopic (exact) mass is 338 g/mol. The van der Waals surface area contributed by atoms with Gasteiger partial charge in [-0.05, 0) is 50.6 Å². The number of hydrogen-bond acceptors (Lipinski definition) is 2. The lowest BCUT2D eigenvalue weighted by molar-refractivity contribution is -0.130. The molecule has 20 heavy (non-hydrogen) atoms. The number of amides is 1. The number of benzene rings is 1. The minimum absolute atomic E-state index is 0.300. The van der Waals surface area contributed by atoms with Crippen LogP contribution in [0.2, 0.25) is 0 Å². The lowest BCUT2D eigenvalue weighted by Crippen LogP contribution is -2.30. The summed E-state index contributed by atoms with van der Waals surface area (Å²) in [6.07, 6.45) is 2.60. The first kappa shape index (κ1) is 15.5. The van der Waals surface area contributed by atoms with Gasteiger partial charge in [0, 0.05) is 30.5 Å². The summed E-state index contributed by atoms with van der Waals surface area (Å²) in [5.74, 6) is 0.941. The number of rotatable bonds is 5. The van der Waals surface area contributed by atoms with E-state index in [0.717, 1.165) is 36.9 Å². The second-order valence-electron chi connectivity index (χ2n) is 5.88. The van der Waals surface area contributed by atoms with E-state index in [-0.39, 0.29) is 0 Å². The van der Waals surface area contributed by atoms with Gasteiger partial charge >= 0.3 is 0 Å². The highest BCUT2D eigenvalue weighted by Crippen LogP contribution is 2.18. The molecular weight excluding hydrogens is 316 g/mol. The Hall–Kier alpha value is -0.870. The predicted molar refractivity (Wildman–Crippen MR) is 85.7 cm³/mol. The molecule has 1 heterocycles. The van der Waals surface area contributed by atoms with Crippen LogP contribution in [0, 0.1) is 5.92 Å². The van der Waals surface area contributed by atoms with Gasteiger partial charge in [0.1, 0.15) is 0 Å². The van der Waals surface area contributed by atoms with Crippen LogP contribution in [0.5, 0.6) is 0 Å². The van der Waals surface area contributed by atoms with E-state index >= 15 is 0 Å². The molecule has 3 nitrogen and oxygen atoms in total. The molecule has 1 atom stereocenters. The molecule has 110 valence electrons. The smallest absolute Gasteiger partial charge is 0.222 e. The second-order valence-corrected chi connectivity index (χ2v) is 6.80. The Bertz CT molecular complexity index is 444.